The first-order chi connectivity index (χ1) is 15.0. The standard InChI is InChI=1S/C26H20FN3O/c1-17-14-20(15-21(16-28)26(31)29-23-12-10-22(27)11-13-23)18(2)30(17)25-9-5-7-19-6-3-4-8-24(19)25/h3-15H,1-2H3,(H,29,31)/b21-15+. The second-order valence-corrected chi connectivity index (χ2v) is 7.29. The highest BCUT2D eigenvalue weighted by Gasteiger charge is 2.15. The second-order valence-electron chi connectivity index (χ2n) is 7.29. The predicted octanol–water partition coefficient (Wildman–Crippen LogP) is 5.93. The third-order valence-corrected chi connectivity index (χ3v) is 5.24. The molecule has 0 unspecified atom stereocenters. The zero-order valence-electron chi connectivity index (χ0n) is 17.2. The summed E-state index contributed by atoms with van der Waals surface area (Å²) in [6, 6.07) is 23.7. The van der Waals surface area contributed by atoms with Crippen LogP contribution >= 0.6 is 0 Å². The van der Waals surface area contributed by atoms with Crippen molar-refractivity contribution in [2.75, 3.05) is 5.32 Å². The summed E-state index contributed by atoms with van der Waals surface area (Å²) >= 11 is 0. The third-order valence-electron chi connectivity index (χ3n) is 5.24. The van der Waals surface area contributed by atoms with Crippen LogP contribution in [-0.2, 0) is 4.79 Å². The van der Waals surface area contributed by atoms with Crippen molar-refractivity contribution in [1.29, 1.82) is 5.26 Å². The number of benzene rings is 3. The van der Waals surface area contributed by atoms with Gasteiger partial charge in [-0.05, 0) is 67.3 Å². The van der Waals surface area contributed by atoms with E-state index in [0.717, 1.165) is 33.4 Å². The van der Waals surface area contributed by atoms with Gasteiger partial charge in [0.2, 0.25) is 0 Å². The molecule has 5 heteroatoms. The van der Waals surface area contributed by atoms with Crippen molar-refractivity contribution < 1.29 is 9.18 Å². The van der Waals surface area contributed by atoms with Crippen LogP contribution in [0.1, 0.15) is 17.0 Å². The van der Waals surface area contributed by atoms with E-state index in [0.29, 0.717) is 5.69 Å². The van der Waals surface area contributed by atoms with Gasteiger partial charge in [0.1, 0.15) is 17.5 Å². The van der Waals surface area contributed by atoms with Gasteiger partial charge in [-0.1, -0.05) is 36.4 Å². The molecule has 0 saturated heterocycles. The lowest BCUT2D eigenvalue weighted by molar-refractivity contribution is -0.112. The van der Waals surface area contributed by atoms with Gasteiger partial charge in [0.15, 0.2) is 0 Å². The summed E-state index contributed by atoms with van der Waals surface area (Å²) in [5, 5.41) is 14.5. The first kappa shape index (κ1) is 20.1. The van der Waals surface area contributed by atoms with E-state index in [9.17, 15) is 14.4 Å². The highest BCUT2D eigenvalue weighted by Crippen LogP contribution is 2.28. The molecule has 3 aromatic carbocycles. The zero-order chi connectivity index (χ0) is 22.0. The molecule has 152 valence electrons. The zero-order valence-corrected chi connectivity index (χ0v) is 17.2. The first-order valence-electron chi connectivity index (χ1n) is 9.83. The van der Waals surface area contributed by atoms with Gasteiger partial charge in [-0.25, -0.2) is 4.39 Å². The molecule has 31 heavy (non-hydrogen) atoms. The minimum atomic E-state index is -0.538. The number of hydrogen-bond acceptors (Lipinski definition) is 2. The van der Waals surface area contributed by atoms with Crippen molar-refractivity contribution in [3.63, 3.8) is 0 Å². The number of aryl methyl sites for hydroxylation is 1. The maximum Gasteiger partial charge on any atom is 0.266 e. The van der Waals surface area contributed by atoms with Gasteiger partial charge in [-0.3, -0.25) is 4.79 Å². The average molecular weight is 409 g/mol. The number of hydrogen-bond donors (Lipinski definition) is 1. The fourth-order valence-corrected chi connectivity index (χ4v) is 3.74. The highest BCUT2D eigenvalue weighted by atomic mass is 19.1. The third kappa shape index (κ3) is 3.96. The van der Waals surface area contributed by atoms with E-state index in [1.807, 2.05) is 44.2 Å². The number of nitrogens with one attached hydrogen (secondary N) is 1. The lowest BCUT2D eigenvalue weighted by Gasteiger charge is -2.13. The molecular weight excluding hydrogens is 389 g/mol. The van der Waals surface area contributed by atoms with Crippen LogP contribution in [0.15, 0.2) is 78.4 Å². The van der Waals surface area contributed by atoms with Gasteiger partial charge in [0.05, 0.1) is 5.69 Å². The molecule has 1 aromatic heterocycles. The van der Waals surface area contributed by atoms with Crippen molar-refractivity contribution in [3.8, 4) is 11.8 Å². The van der Waals surface area contributed by atoms with Crippen molar-refractivity contribution in [2.24, 2.45) is 0 Å². The van der Waals surface area contributed by atoms with Crippen LogP contribution in [0.4, 0.5) is 10.1 Å². The van der Waals surface area contributed by atoms with Crippen LogP contribution < -0.4 is 5.32 Å². The van der Waals surface area contributed by atoms with Crippen LogP contribution in [0.25, 0.3) is 22.5 Å². The van der Waals surface area contributed by atoms with E-state index >= 15 is 0 Å². The summed E-state index contributed by atoms with van der Waals surface area (Å²) < 4.78 is 15.2. The fourth-order valence-electron chi connectivity index (χ4n) is 3.74. The lowest BCUT2D eigenvalue weighted by Crippen LogP contribution is -2.13. The molecule has 4 rings (SSSR count). The maximum absolute atomic E-state index is 13.1. The van der Waals surface area contributed by atoms with Crippen molar-refractivity contribution in [2.45, 2.75) is 13.8 Å². The molecule has 1 N–H and O–H groups in total. The quantitative estimate of drug-likeness (QED) is 0.335. The highest BCUT2D eigenvalue weighted by molar-refractivity contribution is 6.09. The average Bonchev–Trinajstić information content (AvgIpc) is 3.05. The van der Waals surface area contributed by atoms with E-state index < -0.39 is 11.7 Å². The van der Waals surface area contributed by atoms with Gasteiger partial charge < -0.3 is 9.88 Å². The Hall–Kier alpha value is -4.17. The lowest BCUT2D eigenvalue weighted by atomic mass is 10.1. The van der Waals surface area contributed by atoms with Gasteiger partial charge in [0.25, 0.3) is 5.91 Å². The summed E-state index contributed by atoms with van der Waals surface area (Å²) in [6.45, 7) is 3.96. The fraction of sp³-hybridized carbons (Fsp3) is 0.0769. The van der Waals surface area contributed by atoms with Crippen molar-refractivity contribution in [1.82, 2.24) is 4.57 Å². The number of fused-ring (bicyclic) bond motifs is 1. The smallest absolute Gasteiger partial charge is 0.266 e. The monoisotopic (exact) mass is 409 g/mol. The number of anilines is 1. The largest absolute Gasteiger partial charge is 0.321 e. The summed E-state index contributed by atoms with van der Waals surface area (Å²) in [6.07, 6.45) is 1.59. The van der Waals surface area contributed by atoms with Crippen LogP contribution in [0.5, 0.6) is 0 Å². The number of nitriles is 1. The van der Waals surface area contributed by atoms with Crippen LogP contribution in [-0.4, -0.2) is 10.5 Å². The molecule has 0 radical (unpaired) electrons. The molecule has 0 aliphatic rings. The van der Waals surface area contributed by atoms with E-state index in [1.165, 1.54) is 24.3 Å². The Morgan fingerprint density at radius 1 is 1.03 bits per heavy atom. The Morgan fingerprint density at radius 2 is 1.74 bits per heavy atom. The number of nitrogens with zero attached hydrogens (tertiary/aromatic N) is 2. The van der Waals surface area contributed by atoms with Gasteiger partial charge in [-0.2, -0.15) is 5.26 Å². The summed E-state index contributed by atoms with van der Waals surface area (Å²) in [5.41, 5.74) is 4.15. The predicted molar refractivity (Wildman–Crippen MR) is 121 cm³/mol. The van der Waals surface area contributed by atoms with E-state index in [2.05, 4.69) is 34.1 Å². The van der Waals surface area contributed by atoms with Gasteiger partial charge in [-0.15, -0.1) is 0 Å². The molecule has 0 bridgehead atoms. The number of carbonyl (C=O) groups is 1. The van der Waals surface area contributed by atoms with E-state index in [1.54, 1.807) is 6.08 Å². The number of amides is 1. The molecule has 4 aromatic rings. The first-order valence-corrected chi connectivity index (χ1v) is 9.83. The minimum Gasteiger partial charge on any atom is -0.321 e. The second kappa shape index (κ2) is 8.29. The normalized spacial score (nSPS) is 11.4. The summed E-state index contributed by atoms with van der Waals surface area (Å²) in [4.78, 5) is 12.6. The molecule has 4 nitrogen and oxygen atoms in total. The molecule has 0 aliphatic heterocycles. The van der Waals surface area contributed by atoms with Crippen LogP contribution in [0.2, 0.25) is 0 Å². The number of rotatable bonds is 4. The molecule has 0 spiro atoms. The van der Waals surface area contributed by atoms with Crippen molar-refractivity contribution >= 4 is 28.4 Å². The van der Waals surface area contributed by atoms with Crippen molar-refractivity contribution in [3.05, 3.63) is 101 Å². The van der Waals surface area contributed by atoms with Crippen LogP contribution in [0.3, 0.4) is 0 Å². The SMILES string of the molecule is Cc1cc(/C=C(\C#N)C(=O)Nc2ccc(F)cc2)c(C)n1-c1cccc2ccccc12. The summed E-state index contributed by atoms with van der Waals surface area (Å²) in [5.74, 6) is -0.931. The number of carbonyl (C=O) groups excluding carboxylic acids is 1. The Labute approximate surface area is 179 Å². The summed E-state index contributed by atoms with van der Waals surface area (Å²) in [7, 11) is 0. The molecule has 0 saturated carbocycles. The molecule has 1 amide bonds. The molecule has 0 aliphatic carbocycles. The molecular formula is C26H20FN3O. The van der Waals surface area contributed by atoms with Gasteiger partial charge in [0, 0.05) is 22.5 Å². The molecule has 0 fully saturated rings. The maximum atomic E-state index is 13.1. The van der Waals surface area contributed by atoms with E-state index in [-0.39, 0.29) is 5.57 Å². The van der Waals surface area contributed by atoms with Gasteiger partial charge >= 0.3 is 0 Å². The Balaban J connectivity index is 1.72. The topological polar surface area (TPSA) is 57.8 Å². The molecule has 1 heterocycles. The molecule has 0 atom stereocenters. The Bertz CT molecular complexity index is 1350. The minimum absolute atomic E-state index is 0.0255. The Kier molecular flexibility index (Phi) is 5.38. The van der Waals surface area contributed by atoms with Crippen LogP contribution in [0, 0.1) is 31.0 Å². The Morgan fingerprint density at radius 3 is 2.48 bits per heavy atom. The van der Waals surface area contributed by atoms with E-state index in [4.69, 9.17) is 0 Å². The number of aromatic nitrogens is 1. The number of halogens is 1.